The van der Waals surface area contributed by atoms with Gasteiger partial charge in [0.05, 0.1) is 26.4 Å². The van der Waals surface area contributed by atoms with Crippen LogP contribution in [0.25, 0.3) is 0 Å². The summed E-state index contributed by atoms with van der Waals surface area (Å²) in [5.74, 6) is -2.34. The molecule has 0 aliphatic rings. The number of aliphatic hydroxyl groups excluding tert-OH is 1. The van der Waals surface area contributed by atoms with Crippen molar-refractivity contribution in [1.82, 2.24) is 0 Å². The van der Waals surface area contributed by atoms with Gasteiger partial charge in [0.15, 0.2) is 12.2 Å². The lowest BCUT2D eigenvalue weighted by molar-refractivity contribution is -0.161. The zero-order chi connectivity index (χ0) is 78.9. The molecule has 19 heteroatoms. The van der Waals surface area contributed by atoms with Crippen LogP contribution in [0.3, 0.4) is 0 Å². The number of carbonyl (C=O) groups excluding carboxylic acids is 4. The van der Waals surface area contributed by atoms with Crippen LogP contribution in [0.2, 0.25) is 0 Å². The first-order valence-electron chi connectivity index (χ1n) is 41.4. The number of hydrogen-bond acceptors (Lipinski definition) is 15. The Morgan fingerprint density at radius 3 is 0.833 bits per heavy atom. The summed E-state index contributed by atoms with van der Waals surface area (Å²) in [6.45, 7) is 4.47. The monoisotopic (exact) mass is 1550 g/mol. The molecule has 0 aliphatic carbocycles. The minimum atomic E-state index is -5.01. The molecule has 0 aromatic carbocycles. The first-order valence-corrected chi connectivity index (χ1v) is 44.4. The van der Waals surface area contributed by atoms with Gasteiger partial charge in [-0.2, -0.15) is 0 Å². The summed E-state index contributed by atoms with van der Waals surface area (Å²) in [6.07, 6.45) is 94.8. The Morgan fingerprint density at radius 1 is 0.269 bits per heavy atom. The molecule has 0 amide bonds. The highest BCUT2D eigenvalue weighted by molar-refractivity contribution is 7.47. The Labute approximate surface area is 654 Å². The van der Waals surface area contributed by atoms with E-state index in [9.17, 15) is 43.2 Å². The summed E-state index contributed by atoms with van der Waals surface area (Å²) in [4.78, 5) is 73.1. The molecule has 0 rings (SSSR count). The minimum absolute atomic E-state index is 0.0291. The summed E-state index contributed by atoms with van der Waals surface area (Å²) in [5.41, 5.74) is 0. The number of esters is 4. The van der Waals surface area contributed by atoms with Gasteiger partial charge in [-0.1, -0.05) is 288 Å². The molecule has 0 aromatic heterocycles. The van der Waals surface area contributed by atoms with Crippen molar-refractivity contribution in [3.63, 3.8) is 0 Å². The molecule has 0 aromatic rings. The van der Waals surface area contributed by atoms with Crippen molar-refractivity contribution in [2.45, 2.75) is 329 Å². The molecular weight excluding hydrogens is 1400 g/mol. The zero-order valence-electron chi connectivity index (χ0n) is 67.2. The molecular formula is C89H146O17P2. The summed E-state index contributed by atoms with van der Waals surface area (Å²) in [6, 6.07) is 0. The van der Waals surface area contributed by atoms with E-state index < -0.39 is 97.5 Å². The second-order valence-corrected chi connectivity index (χ2v) is 29.8. The van der Waals surface area contributed by atoms with Crippen molar-refractivity contribution >= 4 is 39.5 Å². The van der Waals surface area contributed by atoms with Gasteiger partial charge in [0.25, 0.3) is 0 Å². The van der Waals surface area contributed by atoms with Gasteiger partial charge in [0.2, 0.25) is 0 Å². The van der Waals surface area contributed by atoms with E-state index in [1.807, 2.05) is 18.2 Å². The number of hydrogen-bond donors (Lipinski definition) is 3. The highest BCUT2D eigenvalue weighted by Gasteiger charge is 2.30. The summed E-state index contributed by atoms with van der Waals surface area (Å²) in [7, 11) is -10.0. The normalized spacial score (nSPS) is 14.7. The standard InChI is InChI=1S/C89H146O17P2/c1-5-9-13-17-21-25-29-33-37-39-41-43-47-49-53-57-61-65-69-73-86(91)99-79-84(105-88(93)75-71-67-63-59-55-51-45-35-31-27-23-19-15-11-7-3)81-103-107(95,96)101-77-83(90)78-102-108(97,98)104-82-85(106-89(94)76-72-68-64-60-56-52-46-36-32-28-24-20-16-12-8-4)80-100-87(92)74-70-66-62-58-54-50-48-44-42-40-38-34-30-26-22-18-14-10-6-2/h9-10,13-14,21-23,25-27,33-38,41-46,49-50,53-54,62,66,83-85,90H,5-8,11-12,15-20,24,28-32,39-40,47-48,51-52,55-61,63-65,67-82H2,1-4H3,(H,95,96)(H,97,98)/b13-9-,14-10-,25-21-,26-22-,27-23-,37-33-,38-34-,43-41-,44-42-,45-35-,46-36-,53-49-,54-50-,66-62-. The first-order chi connectivity index (χ1) is 52.7. The minimum Gasteiger partial charge on any atom is -0.462 e. The molecule has 0 aliphatic heterocycles. The van der Waals surface area contributed by atoms with E-state index in [-0.39, 0.29) is 25.7 Å². The van der Waals surface area contributed by atoms with Crippen molar-refractivity contribution in [1.29, 1.82) is 0 Å². The van der Waals surface area contributed by atoms with E-state index in [0.717, 1.165) is 167 Å². The number of unbranched alkanes of at least 4 members (excludes halogenated alkanes) is 22. The Hall–Kier alpha value is -5.58. The largest absolute Gasteiger partial charge is 0.472 e. The fraction of sp³-hybridized carbons (Fsp3) is 0.640. The molecule has 0 spiro atoms. The maximum Gasteiger partial charge on any atom is 0.472 e. The summed E-state index contributed by atoms with van der Waals surface area (Å²) >= 11 is 0. The van der Waals surface area contributed by atoms with Crippen LogP contribution in [0.5, 0.6) is 0 Å². The number of rotatable bonds is 76. The third-order valence-corrected chi connectivity index (χ3v) is 18.6. The Balaban J connectivity index is 5.49. The highest BCUT2D eigenvalue weighted by atomic mass is 31.2. The molecule has 0 radical (unpaired) electrons. The quantitative estimate of drug-likeness (QED) is 0.0169. The zero-order valence-corrected chi connectivity index (χ0v) is 69.0. The van der Waals surface area contributed by atoms with E-state index in [1.165, 1.54) is 57.8 Å². The van der Waals surface area contributed by atoms with Gasteiger partial charge in [-0.25, -0.2) is 9.13 Å². The number of carbonyl (C=O) groups is 4. The predicted molar refractivity (Wildman–Crippen MR) is 445 cm³/mol. The van der Waals surface area contributed by atoms with Gasteiger partial charge < -0.3 is 33.8 Å². The molecule has 0 saturated heterocycles. The van der Waals surface area contributed by atoms with Crippen LogP contribution in [-0.4, -0.2) is 96.7 Å². The maximum absolute atomic E-state index is 13.1. The molecule has 0 heterocycles. The number of aliphatic hydroxyl groups is 1. The average molecular weight is 1550 g/mol. The first kappa shape index (κ1) is 102. The van der Waals surface area contributed by atoms with Gasteiger partial charge >= 0.3 is 39.5 Å². The van der Waals surface area contributed by atoms with Gasteiger partial charge in [-0.05, 0) is 167 Å². The van der Waals surface area contributed by atoms with Crippen molar-refractivity contribution in [3.8, 4) is 0 Å². The second kappa shape index (κ2) is 79.5. The Kier molecular flexibility index (Phi) is 75.4. The van der Waals surface area contributed by atoms with Crippen LogP contribution in [0.4, 0.5) is 0 Å². The lowest BCUT2D eigenvalue weighted by Gasteiger charge is -2.21. The maximum atomic E-state index is 13.1. The van der Waals surface area contributed by atoms with Crippen LogP contribution in [-0.2, 0) is 65.4 Å². The lowest BCUT2D eigenvalue weighted by atomic mass is 10.1. The van der Waals surface area contributed by atoms with Crippen LogP contribution >= 0.6 is 15.6 Å². The van der Waals surface area contributed by atoms with E-state index >= 15 is 0 Å². The van der Waals surface area contributed by atoms with Crippen LogP contribution in [0.15, 0.2) is 170 Å². The van der Waals surface area contributed by atoms with Crippen LogP contribution in [0, 0.1) is 0 Å². The highest BCUT2D eigenvalue weighted by Crippen LogP contribution is 2.45. The fourth-order valence-electron chi connectivity index (χ4n) is 10.4. The van der Waals surface area contributed by atoms with Crippen molar-refractivity contribution < 1.29 is 80.2 Å². The number of ether oxygens (including phenoxy) is 4. The molecule has 5 unspecified atom stereocenters. The molecule has 17 nitrogen and oxygen atoms in total. The van der Waals surface area contributed by atoms with Crippen molar-refractivity contribution in [2.75, 3.05) is 39.6 Å². The fourth-order valence-corrected chi connectivity index (χ4v) is 12.0. The number of phosphoric ester groups is 2. The molecule has 0 saturated carbocycles. The van der Waals surface area contributed by atoms with Gasteiger partial charge in [0.1, 0.15) is 19.3 Å². The van der Waals surface area contributed by atoms with Gasteiger partial charge in [-0.15, -0.1) is 0 Å². The predicted octanol–water partition coefficient (Wildman–Crippen LogP) is 24.6. The molecule has 614 valence electrons. The van der Waals surface area contributed by atoms with E-state index in [0.29, 0.717) is 32.1 Å². The Bertz CT molecular complexity index is 2710. The smallest absolute Gasteiger partial charge is 0.462 e. The molecule has 0 bridgehead atoms. The third-order valence-electron chi connectivity index (χ3n) is 16.7. The summed E-state index contributed by atoms with van der Waals surface area (Å²) < 4.78 is 68.6. The van der Waals surface area contributed by atoms with Crippen LogP contribution < -0.4 is 0 Å². The lowest BCUT2D eigenvalue weighted by Crippen LogP contribution is -2.30. The van der Waals surface area contributed by atoms with Crippen molar-refractivity contribution in [3.05, 3.63) is 170 Å². The topological polar surface area (TPSA) is 237 Å². The molecule has 3 N–H and O–H groups in total. The van der Waals surface area contributed by atoms with E-state index in [1.54, 1.807) is 0 Å². The average Bonchev–Trinajstić information content (AvgIpc) is 0.923. The molecule has 5 atom stereocenters. The van der Waals surface area contributed by atoms with Crippen LogP contribution in [0.1, 0.15) is 310 Å². The second-order valence-electron chi connectivity index (χ2n) is 26.9. The van der Waals surface area contributed by atoms with Gasteiger partial charge in [0, 0.05) is 25.7 Å². The van der Waals surface area contributed by atoms with Crippen molar-refractivity contribution in [2.24, 2.45) is 0 Å². The molecule has 0 fully saturated rings. The summed E-state index contributed by atoms with van der Waals surface area (Å²) in [5, 5.41) is 10.7. The van der Waals surface area contributed by atoms with E-state index in [2.05, 4.69) is 180 Å². The Morgan fingerprint density at radius 2 is 0.500 bits per heavy atom. The molecule has 108 heavy (non-hydrogen) atoms. The SMILES string of the molecule is CC/C=C\C/C=C\C/C=C\C/C=C\C/C=C\C/C=C\CCC(=O)OCC(COP(=O)(O)OCC(O)COP(=O)(O)OCC(COC(=O)CCCCC/C=C\C/C=C\C/C=C\C/C=C\C/C=C\CC)OC(=O)CCCCCCC/C=C\C/C=C\CCCCC)OC(=O)CCCCCCC/C=C\CCCCCCCC. The number of allylic oxidation sites excluding steroid dienone is 28. The third kappa shape index (κ3) is 78.5. The van der Waals surface area contributed by atoms with E-state index in [4.69, 9.17) is 37.0 Å². The number of phosphoric acid groups is 2. The van der Waals surface area contributed by atoms with Gasteiger partial charge in [-0.3, -0.25) is 37.3 Å².